The largest absolute Gasteiger partial charge is 0.378 e. The second kappa shape index (κ2) is 6.53. The fraction of sp³-hybridized carbons (Fsp3) is 0.111. The van der Waals surface area contributed by atoms with Gasteiger partial charge in [0.05, 0.1) is 6.57 Å². The predicted octanol–water partition coefficient (Wildman–Crippen LogP) is 3.90. The summed E-state index contributed by atoms with van der Waals surface area (Å²) in [4.78, 5) is 17.6. The van der Waals surface area contributed by atoms with Crippen LogP contribution < -0.4 is 4.90 Å². The van der Waals surface area contributed by atoms with Crippen LogP contribution in [0.2, 0.25) is 0 Å². The van der Waals surface area contributed by atoms with Crippen molar-refractivity contribution >= 4 is 17.5 Å². The quantitative estimate of drug-likeness (QED) is 0.480. The number of allylic oxidation sites excluding steroid dienone is 1. The lowest BCUT2D eigenvalue weighted by Gasteiger charge is -2.11. The van der Waals surface area contributed by atoms with Crippen LogP contribution in [-0.2, 0) is 0 Å². The Morgan fingerprint density at radius 1 is 1.05 bits per heavy atom. The monoisotopic (exact) mass is 276 g/mol. The van der Waals surface area contributed by atoms with Crippen LogP contribution >= 0.6 is 0 Å². The van der Waals surface area contributed by atoms with Crippen LogP contribution in [0.1, 0.15) is 15.9 Å². The molecule has 0 saturated carbocycles. The van der Waals surface area contributed by atoms with Gasteiger partial charge in [-0.3, -0.25) is 0 Å². The summed E-state index contributed by atoms with van der Waals surface area (Å²) in [6.07, 6.45) is 1.63. The molecule has 3 heteroatoms. The van der Waals surface area contributed by atoms with E-state index in [1.807, 2.05) is 49.3 Å². The molecule has 2 rings (SSSR count). The molecule has 0 aliphatic heterocycles. The molecule has 0 aliphatic rings. The van der Waals surface area contributed by atoms with Gasteiger partial charge in [-0.05, 0) is 23.8 Å². The zero-order chi connectivity index (χ0) is 15.2. The van der Waals surface area contributed by atoms with Gasteiger partial charge in [0.2, 0.25) is 5.70 Å². The molecule has 0 atom stereocenters. The van der Waals surface area contributed by atoms with Crippen molar-refractivity contribution in [1.29, 1.82) is 0 Å². The van der Waals surface area contributed by atoms with Gasteiger partial charge in [0, 0.05) is 25.3 Å². The Morgan fingerprint density at radius 2 is 1.67 bits per heavy atom. The van der Waals surface area contributed by atoms with E-state index < -0.39 is 0 Å². The lowest BCUT2D eigenvalue weighted by Crippen LogP contribution is -2.08. The molecule has 2 aromatic carbocycles. The zero-order valence-corrected chi connectivity index (χ0v) is 12.1. The number of anilines is 1. The van der Waals surface area contributed by atoms with E-state index in [2.05, 4.69) is 4.85 Å². The van der Waals surface area contributed by atoms with Crippen LogP contribution in [-0.4, -0.2) is 19.9 Å². The number of ketones is 1. The lowest BCUT2D eigenvalue weighted by molar-refractivity contribution is 0.103. The van der Waals surface area contributed by atoms with E-state index in [1.165, 1.54) is 0 Å². The van der Waals surface area contributed by atoms with E-state index in [1.54, 1.807) is 30.3 Å². The van der Waals surface area contributed by atoms with Gasteiger partial charge in [-0.15, -0.1) is 0 Å². The van der Waals surface area contributed by atoms with E-state index in [0.717, 1.165) is 11.3 Å². The van der Waals surface area contributed by atoms with Gasteiger partial charge < -0.3 is 9.69 Å². The molecule has 3 nitrogen and oxygen atoms in total. The lowest BCUT2D eigenvalue weighted by atomic mass is 10.1. The molecule has 0 saturated heterocycles. The smallest absolute Gasteiger partial charge is 0.234 e. The Labute approximate surface area is 125 Å². The maximum absolute atomic E-state index is 12.3. The minimum absolute atomic E-state index is 0.124. The summed E-state index contributed by atoms with van der Waals surface area (Å²) in [5.74, 6) is -0.248. The highest BCUT2D eigenvalue weighted by molar-refractivity contribution is 6.12. The fourth-order valence-corrected chi connectivity index (χ4v) is 1.91. The summed E-state index contributed by atoms with van der Waals surface area (Å²) >= 11 is 0. The highest BCUT2D eigenvalue weighted by Crippen LogP contribution is 2.17. The summed E-state index contributed by atoms with van der Waals surface area (Å²) in [5, 5.41) is 0. The molecule has 0 unspecified atom stereocenters. The first kappa shape index (κ1) is 14.5. The normalized spacial score (nSPS) is 10.8. The van der Waals surface area contributed by atoms with E-state index >= 15 is 0 Å². The number of nitrogens with zero attached hydrogens (tertiary/aromatic N) is 2. The van der Waals surface area contributed by atoms with E-state index in [-0.39, 0.29) is 11.5 Å². The van der Waals surface area contributed by atoms with Gasteiger partial charge in [-0.2, -0.15) is 0 Å². The highest BCUT2D eigenvalue weighted by Gasteiger charge is 2.12. The standard InChI is InChI=1S/C18H16N2O/c1-19-17(18(21)15-7-5-4-6-8-15)13-14-9-11-16(12-10-14)20(2)3/h4-13H,2-3H3. The third-order valence-electron chi connectivity index (χ3n) is 3.10. The number of benzene rings is 2. The van der Waals surface area contributed by atoms with Crippen molar-refractivity contribution in [2.24, 2.45) is 0 Å². The molecule has 0 N–H and O–H groups in total. The van der Waals surface area contributed by atoms with Gasteiger partial charge >= 0.3 is 0 Å². The van der Waals surface area contributed by atoms with Crippen molar-refractivity contribution in [2.75, 3.05) is 19.0 Å². The minimum atomic E-state index is -0.248. The van der Waals surface area contributed by atoms with E-state index in [9.17, 15) is 4.79 Å². The summed E-state index contributed by atoms with van der Waals surface area (Å²) in [7, 11) is 3.93. The predicted molar refractivity (Wildman–Crippen MR) is 86.1 cm³/mol. The molecule has 0 fully saturated rings. The van der Waals surface area contributed by atoms with Gasteiger partial charge in [-0.25, -0.2) is 4.85 Å². The van der Waals surface area contributed by atoms with Crippen molar-refractivity contribution < 1.29 is 4.79 Å². The summed E-state index contributed by atoms with van der Waals surface area (Å²) < 4.78 is 0. The number of carbonyl (C=O) groups is 1. The molecule has 0 heterocycles. The van der Waals surface area contributed by atoms with Crippen molar-refractivity contribution in [3.05, 3.63) is 82.8 Å². The molecule has 0 amide bonds. The first-order valence-electron chi connectivity index (χ1n) is 6.58. The highest BCUT2D eigenvalue weighted by atomic mass is 16.1. The van der Waals surface area contributed by atoms with Crippen molar-refractivity contribution in [1.82, 2.24) is 0 Å². The maximum Gasteiger partial charge on any atom is 0.234 e. The maximum atomic E-state index is 12.3. The van der Waals surface area contributed by atoms with Gasteiger partial charge in [0.25, 0.3) is 0 Å². The van der Waals surface area contributed by atoms with Crippen LogP contribution in [0.25, 0.3) is 10.9 Å². The van der Waals surface area contributed by atoms with Gasteiger partial charge in [0.1, 0.15) is 0 Å². The van der Waals surface area contributed by atoms with Crippen molar-refractivity contribution in [3.63, 3.8) is 0 Å². The number of hydrogen-bond donors (Lipinski definition) is 0. The Morgan fingerprint density at radius 3 is 2.19 bits per heavy atom. The number of Topliss-reactive ketones (excluding diaryl/α,β-unsaturated/α-hetero) is 1. The molecule has 0 aromatic heterocycles. The van der Waals surface area contributed by atoms with Crippen LogP contribution in [0.5, 0.6) is 0 Å². The van der Waals surface area contributed by atoms with Crippen LogP contribution in [0.15, 0.2) is 60.3 Å². The van der Waals surface area contributed by atoms with Gasteiger partial charge in [-0.1, -0.05) is 42.5 Å². The molecule has 0 aliphatic carbocycles. The van der Waals surface area contributed by atoms with Crippen molar-refractivity contribution in [2.45, 2.75) is 0 Å². The Balaban J connectivity index is 2.29. The molecule has 104 valence electrons. The number of carbonyl (C=O) groups excluding carboxylic acids is 1. The molecule has 2 aromatic rings. The third kappa shape index (κ3) is 3.58. The molecule has 0 radical (unpaired) electrons. The topological polar surface area (TPSA) is 24.7 Å². The SMILES string of the molecule is [C-]#[N+]C(=Cc1ccc(N(C)C)cc1)C(=O)c1ccccc1. The average Bonchev–Trinajstić information content (AvgIpc) is 2.53. The summed E-state index contributed by atoms with van der Waals surface area (Å²) in [6, 6.07) is 16.6. The summed E-state index contributed by atoms with van der Waals surface area (Å²) in [6.45, 7) is 7.23. The van der Waals surface area contributed by atoms with Crippen LogP contribution in [0.3, 0.4) is 0 Å². The number of rotatable bonds is 4. The third-order valence-corrected chi connectivity index (χ3v) is 3.10. The number of hydrogen-bond acceptors (Lipinski definition) is 2. The second-order valence-corrected chi connectivity index (χ2v) is 4.82. The molecule has 0 spiro atoms. The van der Waals surface area contributed by atoms with Crippen LogP contribution in [0.4, 0.5) is 5.69 Å². The Kier molecular flexibility index (Phi) is 4.53. The van der Waals surface area contributed by atoms with Crippen molar-refractivity contribution in [3.8, 4) is 0 Å². The molecule has 0 bridgehead atoms. The molecular weight excluding hydrogens is 260 g/mol. The first-order chi connectivity index (χ1) is 10.1. The average molecular weight is 276 g/mol. The van der Waals surface area contributed by atoms with E-state index in [4.69, 9.17) is 6.57 Å². The minimum Gasteiger partial charge on any atom is -0.378 e. The summed E-state index contributed by atoms with van der Waals surface area (Å²) in [5.41, 5.74) is 2.57. The van der Waals surface area contributed by atoms with Gasteiger partial charge in [0.15, 0.2) is 5.78 Å². The fourth-order valence-electron chi connectivity index (χ4n) is 1.91. The van der Waals surface area contributed by atoms with E-state index in [0.29, 0.717) is 5.56 Å². The van der Waals surface area contributed by atoms with Crippen LogP contribution in [0, 0.1) is 6.57 Å². The second-order valence-electron chi connectivity index (χ2n) is 4.82. The Hall–Kier alpha value is -2.86. The molecule has 21 heavy (non-hydrogen) atoms. The zero-order valence-electron chi connectivity index (χ0n) is 12.1. The first-order valence-corrected chi connectivity index (χ1v) is 6.58. The molecular formula is C18H16N2O. The Bertz CT molecular complexity index is 692.